The molecule has 0 aliphatic heterocycles. The van der Waals surface area contributed by atoms with Crippen LogP contribution in [-0.2, 0) is 24.0 Å². The van der Waals surface area contributed by atoms with Crippen molar-refractivity contribution in [3.63, 3.8) is 0 Å². The Kier molecular flexibility index (Phi) is 2.42. The summed E-state index contributed by atoms with van der Waals surface area (Å²) in [6.45, 7) is 2.18. The molecular weight excluding hydrogens is 188 g/mol. The van der Waals surface area contributed by atoms with E-state index in [2.05, 4.69) is 0 Å². The molecule has 0 aromatic carbocycles. The third kappa shape index (κ3) is 1.30. The first-order valence-corrected chi connectivity index (χ1v) is 4.01. The van der Waals surface area contributed by atoms with Crippen LogP contribution in [-0.4, -0.2) is 28.9 Å². The second-order valence-corrected chi connectivity index (χ2v) is 3.23. The Bertz CT molecular complexity index is 331. The van der Waals surface area contributed by atoms with Crippen molar-refractivity contribution in [2.75, 3.05) is 0 Å². The molecular formula is C9H8O5. The summed E-state index contributed by atoms with van der Waals surface area (Å²) in [6.07, 6.45) is 0. The van der Waals surface area contributed by atoms with Crippen LogP contribution in [0.3, 0.4) is 0 Å². The van der Waals surface area contributed by atoms with Gasteiger partial charge >= 0.3 is 0 Å². The number of ketones is 5. The van der Waals surface area contributed by atoms with E-state index in [0.717, 1.165) is 13.8 Å². The summed E-state index contributed by atoms with van der Waals surface area (Å²) in [4.78, 5) is 55.2. The minimum Gasteiger partial charge on any atom is -0.299 e. The molecule has 2 atom stereocenters. The van der Waals surface area contributed by atoms with Gasteiger partial charge in [0, 0.05) is 0 Å². The lowest BCUT2D eigenvalue weighted by molar-refractivity contribution is -0.141. The summed E-state index contributed by atoms with van der Waals surface area (Å²) in [5.41, 5.74) is 0. The van der Waals surface area contributed by atoms with E-state index in [4.69, 9.17) is 0 Å². The molecule has 1 aliphatic rings. The first kappa shape index (κ1) is 10.4. The number of Topliss-reactive ketones (excluding diaryl/α,β-unsaturated/α-hetero) is 5. The molecule has 1 aliphatic carbocycles. The monoisotopic (exact) mass is 196 g/mol. The molecule has 1 saturated carbocycles. The fraction of sp³-hybridized carbons (Fsp3) is 0.444. The highest BCUT2D eigenvalue weighted by molar-refractivity contribution is 6.71. The zero-order valence-electron chi connectivity index (χ0n) is 7.70. The minimum absolute atomic E-state index is 0.616. The number of hydrogen-bond acceptors (Lipinski definition) is 5. The molecule has 0 radical (unpaired) electrons. The average molecular weight is 196 g/mol. The lowest BCUT2D eigenvalue weighted by atomic mass is 9.89. The molecule has 5 nitrogen and oxygen atoms in total. The van der Waals surface area contributed by atoms with Crippen LogP contribution < -0.4 is 0 Å². The SMILES string of the molecule is CC(=O)C1C(=O)C(=O)C(=O)C1C(C)=O. The highest BCUT2D eigenvalue weighted by Crippen LogP contribution is 2.25. The van der Waals surface area contributed by atoms with Crippen LogP contribution in [0, 0.1) is 11.8 Å². The fourth-order valence-corrected chi connectivity index (χ4v) is 1.55. The van der Waals surface area contributed by atoms with Crippen molar-refractivity contribution in [1.82, 2.24) is 0 Å². The molecule has 0 N–H and O–H groups in total. The summed E-state index contributed by atoms with van der Waals surface area (Å²) in [5.74, 6) is -7.33. The van der Waals surface area contributed by atoms with Crippen molar-refractivity contribution >= 4 is 28.9 Å². The molecule has 0 saturated heterocycles. The highest BCUT2D eigenvalue weighted by Gasteiger charge is 2.52. The second-order valence-electron chi connectivity index (χ2n) is 3.23. The Balaban J connectivity index is 3.21. The van der Waals surface area contributed by atoms with Gasteiger partial charge in [-0.05, 0) is 13.8 Å². The summed E-state index contributed by atoms with van der Waals surface area (Å²) < 4.78 is 0. The van der Waals surface area contributed by atoms with E-state index in [0.29, 0.717) is 0 Å². The number of carbonyl (C=O) groups excluding carboxylic acids is 5. The number of carbonyl (C=O) groups is 5. The molecule has 14 heavy (non-hydrogen) atoms. The van der Waals surface area contributed by atoms with E-state index < -0.39 is 40.8 Å². The Morgan fingerprint density at radius 2 is 1.14 bits per heavy atom. The average Bonchev–Trinajstić information content (AvgIpc) is 2.29. The van der Waals surface area contributed by atoms with Gasteiger partial charge in [-0.2, -0.15) is 0 Å². The van der Waals surface area contributed by atoms with Crippen molar-refractivity contribution in [3.8, 4) is 0 Å². The molecule has 74 valence electrons. The minimum atomic E-state index is -1.38. The van der Waals surface area contributed by atoms with Gasteiger partial charge in [0.05, 0.1) is 0 Å². The van der Waals surface area contributed by atoms with Gasteiger partial charge in [-0.15, -0.1) is 0 Å². The quantitative estimate of drug-likeness (QED) is 0.422. The molecule has 1 rings (SSSR count). The van der Waals surface area contributed by atoms with Gasteiger partial charge in [0.15, 0.2) is 0 Å². The standard InChI is InChI=1S/C9H8O5/c1-3(10)5-6(4(2)11)8(13)9(14)7(5)12/h5-6H,1-2H3. The zero-order chi connectivity index (χ0) is 11.0. The van der Waals surface area contributed by atoms with Crippen LogP contribution >= 0.6 is 0 Å². The lowest BCUT2D eigenvalue weighted by Crippen LogP contribution is -2.29. The van der Waals surface area contributed by atoms with Crippen molar-refractivity contribution in [3.05, 3.63) is 0 Å². The molecule has 0 amide bonds. The van der Waals surface area contributed by atoms with Crippen LogP contribution in [0.5, 0.6) is 0 Å². The highest BCUT2D eigenvalue weighted by atomic mass is 16.2. The third-order valence-corrected chi connectivity index (χ3v) is 2.22. The maximum Gasteiger partial charge on any atom is 0.265 e. The van der Waals surface area contributed by atoms with Gasteiger partial charge in [-0.25, -0.2) is 0 Å². The first-order chi connectivity index (χ1) is 6.37. The predicted octanol–water partition coefficient (Wildman–Crippen LogP) is -0.882. The summed E-state index contributed by atoms with van der Waals surface area (Å²) in [7, 11) is 0. The molecule has 0 aromatic rings. The maximum atomic E-state index is 11.1. The second kappa shape index (κ2) is 3.25. The topological polar surface area (TPSA) is 85.3 Å². The van der Waals surface area contributed by atoms with Crippen molar-refractivity contribution in [1.29, 1.82) is 0 Å². The van der Waals surface area contributed by atoms with Gasteiger partial charge in [-0.3, -0.25) is 24.0 Å². The Morgan fingerprint density at radius 1 is 0.857 bits per heavy atom. The molecule has 0 aromatic heterocycles. The predicted molar refractivity (Wildman–Crippen MR) is 43.4 cm³/mol. The molecule has 2 unspecified atom stereocenters. The molecule has 5 heteroatoms. The maximum absolute atomic E-state index is 11.1. The zero-order valence-corrected chi connectivity index (χ0v) is 7.70. The van der Waals surface area contributed by atoms with E-state index >= 15 is 0 Å². The van der Waals surface area contributed by atoms with Gasteiger partial charge < -0.3 is 0 Å². The number of hydrogen-bond donors (Lipinski definition) is 0. The van der Waals surface area contributed by atoms with Crippen LogP contribution in [0.25, 0.3) is 0 Å². The smallest absolute Gasteiger partial charge is 0.265 e. The summed E-state index contributed by atoms with van der Waals surface area (Å²) >= 11 is 0. The Morgan fingerprint density at radius 3 is 1.36 bits per heavy atom. The Labute approximate surface area is 79.5 Å². The van der Waals surface area contributed by atoms with Crippen molar-refractivity contribution in [2.45, 2.75) is 13.8 Å². The Hall–Kier alpha value is -1.65. The van der Waals surface area contributed by atoms with Crippen LogP contribution in [0.15, 0.2) is 0 Å². The molecule has 1 fully saturated rings. The van der Waals surface area contributed by atoms with E-state index in [1.54, 1.807) is 0 Å². The van der Waals surface area contributed by atoms with E-state index in [-0.39, 0.29) is 0 Å². The van der Waals surface area contributed by atoms with Crippen molar-refractivity contribution < 1.29 is 24.0 Å². The van der Waals surface area contributed by atoms with Crippen LogP contribution in [0.4, 0.5) is 0 Å². The van der Waals surface area contributed by atoms with E-state index in [9.17, 15) is 24.0 Å². The molecule has 0 spiro atoms. The van der Waals surface area contributed by atoms with Gasteiger partial charge in [-0.1, -0.05) is 0 Å². The molecule has 0 heterocycles. The van der Waals surface area contributed by atoms with Gasteiger partial charge in [0.2, 0.25) is 11.6 Å². The number of rotatable bonds is 2. The van der Waals surface area contributed by atoms with Crippen molar-refractivity contribution in [2.24, 2.45) is 11.8 Å². The van der Waals surface area contributed by atoms with E-state index in [1.807, 2.05) is 0 Å². The third-order valence-electron chi connectivity index (χ3n) is 2.22. The summed E-state index contributed by atoms with van der Waals surface area (Å²) in [6, 6.07) is 0. The van der Waals surface area contributed by atoms with Crippen LogP contribution in [0.1, 0.15) is 13.8 Å². The van der Waals surface area contributed by atoms with Gasteiger partial charge in [0.25, 0.3) is 5.78 Å². The lowest BCUT2D eigenvalue weighted by Gasteiger charge is -2.08. The van der Waals surface area contributed by atoms with E-state index in [1.165, 1.54) is 0 Å². The van der Waals surface area contributed by atoms with Crippen LogP contribution in [0.2, 0.25) is 0 Å². The first-order valence-electron chi connectivity index (χ1n) is 4.01. The fourth-order valence-electron chi connectivity index (χ4n) is 1.55. The largest absolute Gasteiger partial charge is 0.299 e. The normalized spacial score (nSPS) is 26.9. The summed E-state index contributed by atoms with van der Waals surface area (Å²) in [5, 5.41) is 0. The van der Waals surface area contributed by atoms with Gasteiger partial charge in [0.1, 0.15) is 23.4 Å². The molecule has 0 bridgehead atoms.